The molecule has 2 heterocycles. The molecule has 1 aliphatic rings. The Bertz CT molecular complexity index is 679. The predicted molar refractivity (Wildman–Crippen MR) is 83.9 cm³/mol. The minimum absolute atomic E-state index is 0.258. The van der Waals surface area contributed by atoms with Crippen LogP contribution in [0.15, 0.2) is 0 Å². The molecular weight excluding hydrogens is 320 g/mol. The summed E-state index contributed by atoms with van der Waals surface area (Å²) in [5.41, 5.74) is 3.95. The average Bonchev–Trinajstić information content (AvgIpc) is 2.84. The molecule has 0 saturated carbocycles. The lowest BCUT2D eigenvalue weighted by atomic mass is 9.95. The third-order valence-corrected chi connectivity index (χ3v) is 4.56. The van der Waals surface area contributed by atoms with Crippen LogP contribution in [0.4, 0.5) is 9.59 Å². The van der Waals surface area contributed by atoms with Crippen molar-refractivity contribution in [3.63, 3.8) is 0 Å². The highest BCUT2D eigenvalue weighted by Gasteiger charge is 2.59. The van der Waals surface area contributed by atoms with E-state index in [1.165, 1.54) is 11.3 Å². The highest BCUT2D eigenvalue weighted by Crippen LogP contribution is 2.38. The van der Waals surface area contributed by atoms with Crippen LogP contribution < -0.4 is 11.1 Å². The van der Waals surface area contributed by atoms with Crippen molar-refractivity contribution in [1.29, 1.82) is 0 Å². The van der Waals surface area contributed by atoms with Crippen molar-refractivity contribution in [2.75, 3.05) is 6.54 Å². The van der Waals surface area contributed by atoms with E-state index < -0.39 is 29.2 Å². The van der Waals surface area contributed by atoms with E-state index in [-0.39, 0.29) is 6.54 Å². The van der Waals surface area contributed by atoms with Crippen LogP contribution in [0, 0.1) is 13.8 Å². The Morgan fingerprint density at radius 2 is 2.00 bits per heavy atom. The molecule has 4 amide bonds. The second-order valence-electron chi connectivity index (χ2n) is 6.29. The van der Waals surface area contributed by atoms with Gasteiger partial charge in [0.15, 0.2) is 5.54 Å². The van der Waals surface area contributed by atoms with Gasteiger partial charge in [-0.25, -0.2) is 19.5 Å². The molecule has 1 aromatic heterocycles. The van der Waals surface area contributed by atoms with E-state index in [1.54, 1.807) is 34.6 Å². The molecular formula is C14H20N4O4S. The number of aryl methyl sites for hydroxylation is 2. The van der Waals surface area contributed by atoms with Crippen molar-refractivity contribution >= 4 is 29.4 Å². The SMILES string of the molecule is Cc1nc(C)c(C2(CN)C(=O)NC(=O)N2C(=O)OC(C)(C)C)s1. The molecule has 1 aliphatic heterocycles. The molecule has 9 heteroatoms. The maximum atomic E-state index is 12.5. The third kappa shape index (κ3) is 2.81. The number of thiazole rings is 1. The Hall–Kier alpha value is -2.00. The number of imide groups is 2. The smallest absolute Gasteiger partial charge is 0.419 e. The minimum Gasteiger partial charge on any atom is -0.443 e. The number of amides is 4. The van der Waals surface area contributed by atoms with Crippen LogP contribution in [-0.4, -0.2) is 40.1 Å². The lowest BCUT2D eigenvalue weighted by molar-refractivity contribution is -0.126. The first-order chi connectivity index (χ1) is 10.5. The number of hydrogen-bond acceptors (Lipinski definition) is 7. The van der Waals surface area contributed by atoms with E-state index in [9.17, 15) is 14.4 Å². The Morgan fingerprint density at radius 1 is 1.39 bits per heavy atom. The van der Waals surface area contributed by atoms with Gasteiger partial charge < -0.3 is 10.5 Å². The van der Waals surface area contributed by atoms with Crippen LogP contribution in [-0.2, 0) is 15.1 Å². The van der Waals surface area contributed by atoms with Crippen LogP contribution in [0.2, 0.25) is 0 Å². The topological polar surface area (TPSA) is 115 Å². The monoisotopic (exact) mass is 340 g/mol. The molecule has 1 saturated heterocycles. The number of ether oxygens (including phenoxy) is 1. The van der Waals surface area contributed by atoms with E-state index in [2.05, 4.69) is 10.3 Å². The van der Waals surface area contributed by atoms with Gasteiger partial charge in [-0.15, -0.1) is 11.3 Å². The number of aromatic nitrogens is 1. The molecule has 0 aromatic carbocycles. The summed E-state index contributed by atoms with van der Waals surface area (Å²) in [6.45, 7) is 8.25. The van der Waals surface area contributed by atoms with Crippen LogP contribution in [0.3, 0.4) is 0 Å². The molecule has 0 bridgehead atoms. The molecule has 3 N–H and O–H groups in total. The van der Waals surface area contributed by atoms with Crippen molar-refractivity contribution in [2.24, 2.45) is 5.73 Å². The van der Waals surface area contributed by atoms with Crippen LogP contribution in [0.25, 0.3) is 0 Å². The van der Waals surface area contributed by atoms with Gasteiger partial charge in [-0.05, 0) is 34.6 Å². The normalized spacial score (nSPS) is 21.6. The maximum Gasteiger partial charge on any atom is 0.419 e. The number of hydrogen-bond donors (Lipinski definition) is 2. The number of rotatable bonds is 2. The van der Waals surface area contributed by atoms with Crippen molar-refractivity contribution in [3.05, 3.63) is 15.6 Å². The Kier molecular flexibility index (Phi) is 4.20. The predicted octanol–water partition coefficient (Wildman–Crippen LogP) is 1.40. The van der Waals surface area contributed by atoms with Crippen molar-refractivity contribution in [2.45, 2.75) is 45.8 Å². The summed E-state index contributed by atoms with van der Waals surface area (Å²) in [4.78, 5) is 42.7. The summed E-state index contributed by atoms with van der Waals surface area (Å²) in [7, 11) is 0. The minimum atomic E-state index is -1.63. The van der Waals surface area contributed by atoms with Gasteiger partial charge in [0.1, 0.15) is 5.60 Å². The molecule has 0 spiro atoms. The fraction of sp³-hybridized carbons (Fsp3) is 0.571. The van der Waals surface area contributed by atoms with E-state index in [0.29, 0.717) is 15.6 Å². The second kappa shape index (κ2) is 5.57. The first-order valence-corrected chi connectivity index (χ1v) is 7.88. The van der Waals surface area contributed by atoms with E-state index in [0.717, 1.165) is 4.90 Å². The highest BCUT2D eigenvalue weighted by atomic mass is 32.1. The van der Waals surface area contributed by atoms with Gasteiger partial charge in [-0.1, -0.05) is 0 Å². The van der Waals surface area contributed by atoms with E-state index >= 15 is 0 Å². The maximum absolute atomic E-state index is 12.5. The summed E-state index contributed by atoms with van der Waals surface area (Å²) >= 11 is 1.23. The summed E-state index contributed by atoms with van der Waals surface area (Å²) in [5, 5.41) is 2.87. The number of nitrogens with zero attached hydrogens (tertiary/aromatic N) is 2. The number of nitrogens with two attached hydrogens (primary N) is 1. The molecule has 1 aromatic rings. The van der Waals surface area contributed by atoms with Crippen LogP contribution >= 0.6 is 11.3 Å². The molecule has 1 unspecified atom stereocenters. The zero-order valence-electron chi connectivity index (χ0n) is 13.7. The van der Waals surface area contributed by atoms with Gasteiger partial charge >= 0.3 is 12.1 Å². The fourth-order valence-corrected chi connectivity index (χ4v) is 3.58. The van der Waals surface area contributed by atoms with E-state index in [4.69, 9.17) is 10.5 Å². The largest absolute Gasteiger partial charge is 0.443 e. The molecule has 23 heavy (non-hydrogen) atoms. The van der Waals surface area contributed by atoms with Crippen LogP contribution in [0.1, 0.15) is 36.3 Å². The van der Waals surface area contributed by atoms with Gasteiger partial charge in [0.25, 0.3) is 5.91 Å². The number of carbonyl (C=O) groups is 3. The zero-order valence-corrected chi connectivity index (χ0v) is 14.5. The molecule has 1 fully saturated rings. The summed E-state index contributed by atoms with van der Waals surface area (Å²) in [6.07, 6.45) is -0.920. The Balaban J connectivity index is 2.58. The lowest BCUT2D eigenvalue weighted by Gasteiger charge is -2.33. The molecule has 2 rings (SSSR count). The summed E-state index contributed by atoms with van der Waals surface area (Å²) in [5.74, 6) is -0.650. The average molecular weight is 340 g/mol. The van der Waals surface area contributed by atoms with Crippen molar-refractivity contribution in [3.8, 4) is 0 Å². The van der Waals surface area contributed by atoms with Crippen molar-refractivity contribution < 1.29 is 19.1 Å². The van der Waals surface area contributed by atoms with Gasteiger partial charge in [-0.2, -0.15) is 0 Å². The molecule has 1 atom stereocenters. The van der Waals surface area contributed by atoms with Crippen LogP contribution in [0.5, 0.6) is 0 Å². The standard InChI is InChI=1S/C14H20N4O4S/c1-7-9(23-8(2)16-7)14(6-15)10(19)17-11(20)18(14)12(21)22-13(3,4)5/h6,15H2,1-5H3,(H,17,19,20). The van der Waals surface area contributed by atoms with Crippen molar-refractivity contribution in [1.82, 2.24) is 15.2 Å². The highest BCUT2D eigenvalue weighted by molar-refractivity contribution is 7.12. The van der Waals surface area contributed by atoms with Gasteiger partial charge in [-0.3, -0.25) is 10.1 Å². The quantitative estimate of drug-likeness (QED) is 0.787. The Morgan fingerprint density at radius 3 is 2.43 bits per heavy atom. The zero-order chi connectivity index (χ0) is 17.6. The molecule has 0 radical (unpaired) electrons. The van der Waals surface area contributed by atoms with Gasteiger partial charge in [0.05, 0.1) is 15.6 Å². The number of urea groups is 1. The summed E-state index contributed by atoms with van der Waals surface area (Å²) < 4.78 is 5.27. The van der Waals surface area contributed by atoms with Gasteiger partial charge in [0.2, 0.25) is 0 Å². The molecule has 8 nitrogen and oxygen atoms in total. The lowest BCUT2D eigenvalue weighted by Crippen LogP contribution is -2.55. The number of carbonyl (C=O) groups excluding carboxylic acids is 3. The Labute approximate surface area is 138 Å². The molecule has 126 valence electrons. The van der Waals surface area contributed by atoms with Gasteiger partial charge in [0, 0.05) is 6.54 Å². The second-order valence-corrected chi connectivity index (χ2v) is 7.49. The number of nitrogens with one attached hydrogen (secondary N) is 1. The van der Waals surface area contributed by atoms with E-state index in [1.807, 2.05) is 0 Å². The molecule has 0 aliphatic carbocycles. The first kappa shape index (κ1) is 17.4. The fourth-order valence-electron chi connectivity index (χ4n) is 2.47. The first-order valence-electron chi connectivity index (χ1n) is 7.06. The third-order valence-electron chi connectivity index (χ3n) is 3.33. The summed E-state index contributed by atoms with van der Waals surface area (Å²) in [6, 6.07) is -0.847.